The Morgan fingerprint density at radius 1 is 1.26 bits per heavy atom. The fraction of sp³-hybridized carbons (Fsp3) is 0.462. The van der Waals surface area contributed by atoms with Gasteiger partial charge in [-0.1, -0.05) is 0 Å². The number of aliphatic hydroxyl groups excluding tert-OH is 2. The number of rotatable bonds is 7. The molecule has 1 amide bonds. The van der Waals surface area contributed by atoms with Crippen LogP contribution in [0.4, 0.5) is 5.69 Å². The van der Waals surface area contributed by atoms with Crippen LogP contribution >= 0.6 is 0 Å². The standard InChI is InChI=1S/C13H20N2O4/c1-13(8-16,9-17)14-7-12(18)15-10-3-5-11(19-2)6-4-10/h3-6,14,16-17H,7-9H2,1-2H3,(H,15,18). The van der Waals surface area contributed by atoms with Crippen LogP contribution in [0.15, 0.2) is 24.3 Å². The summed E-state index contributed by atoms with van der Waals surface area (Å²) in [5, 5.41) is 23.7. The SMILES string of the molecule is COc1ccc(NC(=O)CNC(C)(CO)CO)cc1. The maximum Gasteiger partial charge on any atom is 0.238 e. The number of ether oxygens (including phenoxy) is 1. The van der Waals surface area contributed by atoms with E-state index in [0.717, 1.165) is 0 Å². The van der Waals surface area contributed by atoms with Crippen LogP contribution in [0.3, 0.4) is 0 Å². The van der Waals surface area contributed by atoms with Gasteiger partial charge in [0.1, 0.15) is 5.75 Å². The first-order valence-corrected chi connectivity index (χ1v) is 5.93. The largest absolute Gasteiger partial charge is 0.497 e. The fourth-order valence-electron chi connectivity index (χ4n) is 1.34. The Kier molecular flexibility index (Phi) is 5.75. The number of nitrogens with one attached hydrogen (secondary N) is 2. The average molecular weight is 268 g/mol. The van der Waals surface area contributed by atoms with Gasteiger partial charge in [0.05, 0.1) is 32.4 Å². The molecule has 0 aliphatic rings. The molecule has 0 heterocycles. The molecule has 1 rings (SSSR count). The number of amides is 1. The summed E-state index contributed by atoms with van der Waals surface area (Å²) in [5.74, 6) is 0.461. The molecule has 4 N–H and O–H groups in total. The van der Waals surface area contributed by atoms with Crippen molar-refractivity contribution in [2.24, 2.45) is 0 Å². The van der Waals surface area contributed by atoms with Crippen LogP contribution < -0.4 is 15.4 Å². The van der Waals surface area contributed by atoms with Crippen molar-refractivity contribution in [2.75, 3.05) is 32.2 Å². The van der Waals surface area contributed by atoms with Gasteiger partial charge < -0.3 is 20.3 Å². The van der Waals surface area contributed by atoms with Gasteiger partial charge in [-0.3, -0.25) is 10.1 Å². The fourth-order valence-corrected chi connectivity index (χ4v) is 1.34. The summed E-state index contributed by atoms with van der Waals surface area (Å²) in [6.45, 7) is 1.13. The zero-order valence-electron chi connectivity index (χ0n) is 11.1. The topological polar surface area (TPSA) is 90.8 Å². The van der Waals surface area contributed by atoms with Crippen LogP contribution in [-0.2, 0) is 4.79 Å². The van der Waals surface area contributed by atoms with Crippen molar-refractivity contribution < 1.29 is 19.7 Å². The average Bonchev–Trinajstić information content (AvgIpc) is 2.45. The monoisotopic (exact) mass is 268 g/mol. The zero-order valence-corrected chi connectivity index (χ0v) is 11.1. The van der Waals surface area contributed by atoms with Gasteiger partial charge in [-0.15, -0.1) is 0 Å². The highest BCUT2D eigenvalue weighted by molar-refractivity contribution is 5.92. The lowest BCUT2D eigenvalue weighted by Gasteiger charge is -2.25. The van der Waals surface area contributed by atoms with E-state index in [1.807, 2.05) is 0 Å². The summed E-state index contributed by atoms with van der Waals surface area (Å²) in [5.41, 5.74) is -0.209. The Morgan fingerprint density at radius 2 is 1.84 bits per heavy atom. The first-order chi connectivity index (χ1) is 9.03. The van der Waals surface area contributed by atoms with Crippen molar-refractivity contribution in [2.45, 2.75) is 12.5 Å². The third-order valence-electron chi connectivity index (χ3n) is 2.75. The molecule has 0 radical (unpaired) electrons. The summed E-state index contributed by atoms with van der Waals surface area (Å²) in [6.07, 6.45) is 0. The lowest BCUT2D eigenvalue weighted by atomic mass is 10.1. The van der Waals surface area contributed by atoms with Gasteiger partial charge in [0, 0.05) is 5.69 Å². The second-order valence-corrected chi connectivity index (χ2v) is 4.51. The smallest absolute Gasteiger partial charge is 0.238 e. The molecule has 0 unspecified atom stereocenters. The lowest BCUT2D eigenvalue weighted by Crippen LogP contribution is -2.51. The minimum absolute atomic E-state index is 0.00362. The Hall–Kier alpha value is -1.63. The summed E-state index contributed by atoms with van der Waals surface area (Å²) >= 11 is 0. The molecule has 0 aromatic heterocycles. The van der Waals surface area contributed by atoms with Crippen LogP contribution in [0.1, 0.15) is 6.92 Å². The highest BCUT2D eigenvalue weighted by atomic mass is 16.5. The van der Waals surface area contributed by atoms with Gasteiger partial charge in [0.2, 0.25) is 5.91 Å². The van der Waals surface area contributed by atoms with Gasteiger partial charge in [-0.05, 0) is 31.2 Å². The highest BCUT2D eigenvalue weighted by Gasteiger charge is 2.22. The number of carbonyl (C=O) groups is 1. The third kappa shape index (κ3) is 4.86. The summed E-state index contributed by atoms with van der Waals surface area (Å²) < 4.78 is 5.01. The van der Waals surface area contributed by atoms with Gasteiger partial charge in [0.25, 0.3) is 0 Å². The van der Waals surface area contributed by atoms with Gasteiger partial charge in [-0.25, -0.2) is 0 Å². The number of methoxy groups -OCH3 is 1. The van der Waals surface area contributed by atoms with Crippen molar-refractivity contribution in [3.63, 3.8) is 0 Å². The van der Waals surface area contributed by atoms with E-state index < -0.39 is 5.54 Å². The number of benzene rings is 1. The third-order valence-corrected chi connectivity index (χ3v) is 2.75. The van der Waals surface area contributed by atoms with Crippen LogP contribution in [0.25, 0.3) is 0 Å². The highest BCUT2D eigenvalue weighted by Crippen LogP contribution is 2.14. The molecule has 106 valence electrons. The molecule has 0 saturated heterocycles. The molecule has 0 aliphatic heterocycles. The number of anilines is 1. The Morgan fingerprint density at radius 3 is 2.32 bits per heavy atom. The maximum atomic E-state index is 11.7. The Balaban J connectivity index is 2.46. The predicted molar refractivity (Wildman–Crippen MR) is 72.2 cm³/mol. The molecule has 19 heavy (non-hydrogen) atoms. The van der Waals surface area contributed by atoms with Gasteiger partial charge in [0.15, 0.2) is 0 Å². The van der Waals surface area contributed by atoms with Crippen LogP contribution in [0.5, 0.6) is 5.75 Å². The number of hydrogen-bond acceptors (Lipinski definition) is 5. The van der Waals surface area contributed by atoms with E-state index in [4.69, 9.17) is 14.9 Å². The maximum absolute atomic E-state index is 11.7. The lowest BCUT2D eigenvalue weighted by molar-refractivity contribution is -0.115. The van der Waals surface area contributed by atoms with E-state index in [2.05, 4.69) is 10.6 Å². The van der Waals surface area contributed by atoms with Crippen molar-refractivity contribution in [3.05, 3.63) is 24.3 Å². The van der Waals surface area contributed by atoms with E-state index in [-0.39, 0.29) is 25.7 Å². The van der Waals surface area contributed by atoms with E-state index in [9.17, 15) is 4.79 Å². The van der Waals surface area contributed by atoms with Crippen LogP contribution in [-0.4, -0.2) is 48.5 Å². The van der Waals surface area contributed by atoms with Crippen molar-refractivity contribution in [1.29, 1.82) is 0 Å². The van der Waals surface area contributed by atoms with Crippen molar-refractivity contribution in [3.8, 4) is 5.75 Å². The first-order valence-electron chi connectivity index (χ1n) is 5.93. The molecule has 0 saturated carbocycles. The summed E-state index contributed by atoms with van der Waals surface area (Å²) in [4.78, 5) is 11.7. The zero-order chi connectivity index (χ0) is 14.3. The van der Waals surface area contributed by atoms with Gasteiger partial charge >= 0.3 is 0 Å². The minimum atomic E-state index is -0.864. The molecule has 6 nitrogen and oxygen atoms in total. The van der Waals surface area contributed by atoms with Gasteiger partial charge in [-0.2, -0.15) is 0 Å². The van der Waals surface area contributed by atoms with E-state index >= 15 is 0 Å². The predicted octanol–water partition coefficient (Wildman–Crippen LogP) is -0.0334. The summed E-state index contributed by atoms with van der Waals surface area (Å²) in [7, 11) is 1.57. The van der Waals surface area contributed by atoms with Crippen LogP contribution in [0.2, 0.25) is 0 Å². The number of hydrogen-bond donors (Lipinski definition) is 4. The molecule has 0 aliphatic carbocycles. The quantitative estimate of drug-likeness (QED) is 0.557. The second-order valence-electron chi connectivity index (χ2n) is 4.51. The van der Waals surface area contributed by atoms with E-state index in [1.54, 1.807) is 38.3 Å². The molecule has 1 aromatic rings. The summed E-state index contributed by atoms with van der Waals surface area (Å²) in [6, 6.07) is 6.95. The minimum Gasteiger partial charge on any atom is -0.497 e. The molecular formula is C13H20N2O4. The number of carbonyl (C=O) groups excluding carboxylic acids is 1. The van der Waals surface area contributed by atoms with Crippen LogP contribution in [0, 0.1) is 0 Å². The molecular weight excluding hydrogens is 248 g/mol. The first kappa shape index (κ1) is 15.4. The van der Waals surface area contributed by atoms with E-state index in [0.29, 0.717) is 11.4 Å². The van der Waals surface area contributed by atoms with Crippen molar-refractivity contribution >= 4 is 11.6 Å². The Bertz CT molecular complexity index is 402. The molecule has 0 bridgehead atoms. The Labute approximate surface area is 112 Å². The molecule has 1 aromatic carbocycles. The number of aliphatic hydroxyl groups is 2. The van der Waals surface area contributed by atoms with Crippen molar-refractivity contribution in [1.82, 2.24) is 5.32 Å². The molecule has 0 fully saturated rings. The molecule has 6 heteroatoms. The normalized spacial score (nSPS) is 11.2. The second kappa shape index (κ2) is 7.08. The molecule has 0 spiro atoms. The van der Waals surface area contributed by atoms with E-state index in [1.165, 1.54) is 0 Å². The molecule has 0 atom stereocenters.